The van der Waals surface area contributed by atoms with Crippen LogP contribution in [0.5, 0.6) is 0 Å². The number of hydrogen-bond donors (Lipinski definition) is 0. The molecule has 0 radical (unpaired) electrons. The molecule has 1 aliphatic heterocycles. The lowest BCUT2D eigenvalue weighted by Gasteiger charge is -2.39. The smallest absolute Gasteiger partial charge is 0.338 e. The van der Waals surface area contributed by atoms with Gasteiger partial charge in [0.2, 0.25) is 0 Å². The first-order valence-electron chi connectivity index (χ1n) is 10.7. The fraction of sp³-hybridized carbons (Fsp3) is 0.636. The van der Waals surface area contributed by atoms with Gasteiger partial charge in [0, 0.05) is 23.6 Å². The second kappa shape index (κ2) is 14.4. The van der Waals surface area contributed by atoms with Crippen LogP contribution in [0.15, 0.2) is 30.3 Å². The Labute approximate surface area is 195 Å². The van der Waals surface area contributed by atoms with Crippen molar-refractivity contribution >= 4 is 36.1 Å². The molecule has 0 aromatic heterocycles. The predicted molar refractivity (Wildman–Crippen MR) is 130 cm³/mol. The fourth-order valence-electron chi connectivity index (χ4n) is 3.23. The van der Waals surface area contributed by atoms with E-state index in [1.54, 1.807) is 22.9 Å². The third-order valence-electron chi connectivity index (χ3n) is 4.60. The molecule has 31 heavy (non-hydrogen) atoms. The minimum absolute atomic E-state index is 0.217. The zero-order valence-electron chi connectivity index (χ0n) is 18.7. The number of benzene rings is 1. The van der Waals surface area contributed by atoms with E-state index in [0.717, 1.165) is 18.6 Å². The van der Waals surface area contributed by atoms with Gasteiger partial charge in [0.05, 0.1) is 24.7 Å². The van der Waals surface area contributed by atoms with Gasteiger partial charge in [0.25, 0.3) is 8.53 Å². The maximum atomic E-state index is 12.7. The van der Waals surface area contributed by atoms with Crippen molar-refractivity contribution in [1.29, 1.82) is 5.26 Å². The van der Waals surface area contributed by atoms with Crippen molar-refractivity contribution in [3.05, 3.63) is 35.9 Å². The van der Waals surface area contributed by atoms with Gasteiger partial charge in [0.1, 0.15) is 12.2 Å². The van der Waals surface area contributed by atoms with Crippen LogP contribution in [0.25, 0.3) is 0 Å². The van der Waals surface area contributed by atoms with Crippen molar-refractivity contribution in [1.82, 2.24) is 4.67 Å². The topological polar surface area (TPSA) is 71.8 Å². The van der Waals surface area contributed by atoms with Crippen molar-refractivity contribution in [3.8, 4) is 6.07 Å². The molecular weight excluding hydrogens is 451 g/mol. The average Bonchev–Trinajstić information content (AvgIpc) is 2.72. The van der Waals surface area contributed by atoms with E-state index >= 15 is 0 Å². The SMILES string of the molecule is CC(C)N(C(C)C)P(OCCC#N)O[C@H]1CSSCCC[C@@H]1OC(=O)c1ccccc1. The molecule has 1 unspecified atom stereocenters. The lowest BCUT2D eigenvalue weighted by atomic mass is 10.1. The molecule has 1 aliphatic rings. The van der Waals surface area contributed by atoms with E-state index < -0.39 is 8.53 Å². The van der Waals surface area contributed by atoms with Gasteiger partial charge in [-0.25, -0.2) is 9.46 Å². The Morgan fingerprint density at radius 3 is 2.55 bits per heavy atom. The van der Waals surface area contributed by atoms with Crippen LogP contribution in [0, 0.1) is 11.3 Å². The normalized spacial score (nSPS) is 20.8. The Kier molecular flexibility index (Phi) is 12.2. The molecule has 6 nitrogen and oxygen atoms in total. The molecule has 0 bridgehead atoms. The summed E-state index contributed by atoms with van der Waals surface area (Å²) in [6, 6.07) is 11.6. The van der Waals surface area contributed by atoms with Crippen molar-refractivity contribution < 1.29 is 18.6 Å². The Bertz CT molecular complexity index is 695. The first-order valence-corrected chi connectivity index (χ1v) is 14.3. The second-order valence-corrected chi connectivity index (χ2v) is 11.8. The zero-order valence-corrected chi connectivity index (χ0v) is 21.3. The summed E-state index contributed by atoms with van der Waals surface area (Å²) in [6.07, 6.45) is 1.40. The summed E-state index contributed by atoms with van der Waals surface area (Å²) in [5.41, 5.74) is 0.545. The number of carbonyl (C=O) groups is 1. The van der Waals surface area contributed by atoms with E-state index in [1.807, 2.05) is 29.0 Å². The van der Waals surface area contributed by atoms with Gasteiger partial charge >= 0.3 is 5.97 Å². The Hall–Kier alpha value is -0.810. The van der Waals surface area contributed by atoms with Crippen molar-refractivity contribution in [2.24, 2.45) is 0 Å². The summed E-state index contributed by atoms with van der Waals surface area (Å²) >= 11 is 0. The molecule has 0 saturated carbocycles. The monoisotopic (exact) mass is 484 g/mol. The third kappa shape index (κ3) is 8.92. The van der Waals surface area contributed by atoms with Gasteiger partial charge in [0.15, 0.2) is 0 Å². The van der Waals surface area contributed by atoms with Crippen LogP contribution in [0.4, 0.5) is 0 Å². The lowest BCUT2D eigenvalue weighted by Crippen LogP contribution is -2.39. The van der Waals surface area contributed by atoms with E-state index in [9.17, 15) is 4.79 Å². The molecule has 9 heteroatoms. The third-order valence-corrected chi connectivity index (χ3v) is 9.25. The molecule has 3 atom stereocenters. The summed E-state index contributed by atoms with van der Waals surface area (Å²) in [6.45, 7) is 8.77. The van der Waals surface area contributed by atoms with Gasteiger partial charge in [-0.05, 0) is 52.7 Å². The summed E-state index contributed by atoms with van der Waals surface area (Å²) in [4.78, 5) is 12.7. The molecule has 1 fully saturated rings. The molecule has 0 amide bonds. The van der Waals surface area contributed by atoms with Gasteiger partial charge in [-0.2, -0.15) is 5.26 Å². The quantitative estimate of drug-likeness (QED) is 0.172. The summed E-state index contributed by atoms with van der Waals surface area (Å²) < 4.78 is 20.8. The highest BCUT2D eigenvalue weighted by Crippen LogP contribution is 2.49. The van der Waals surface area contributed by atoms with Crippen LogP contribution in [-0.4, -0.2) is 53.0 Å². The first kappa shape index (κ1) is 26.4. The molecule has 1 aromatic carbocycles. The largest absolute Gasteiger partial charge is 0.456 e. The van der Waals surface area contributed by atoms with Crippen LogP contribution in [0.2, 0.25) is 0 Å². The Morgan fingerprint density at radius 1 is 1.19 bits per heavy atom. The van der Waals surface area contributed by atoms with E-state index in [2.05, 4.69) is 38.4 Å². The standard InChI is InChI=1S/C22H33N2O4PS2/c1-17(2)24(18(3)4)29(26-14-9-13-23)28-21-16-31-30-15-8-12-20(21)27-22(25)19-10-6-5-7-11-19/h5-7,10-11,17-18,20-21H,8-9,12,14-16H2,1-4H3/t20-,21-,29?/m0/s1. The van der Waals surface area contributed by atoms with Crippen molar-refractivity contribution in [2.45, 2.75) is 71.2 Å². The number of ether oxygens (including phenoxy) is 1. The molecular formula is C22H33N2O4PS2. The molecule has 1 heterocycles. The highest BCUT2D eigenvalue weighted by molar-refractivity contribution is 8.76. The van der Waals surface area contributed by atoms with E-state index in [-0.39, 0.29) is 30.3 Å². The number of hydrogen-bond acceptors (Lipinski definition) is 8. The Morgan fingerprint density at radius 2 is 1.90 bits per heavy atom. The van der Waals surface area contributed by atoms with Gasteiger partial charge in [-0.1, -0.05) is 39.8 Å². The van der Waals surface area contributed by atoms with E-state index in [1.165, 1.54) is 0 Å². The molecule has 2 rings (SSSR count). The zero-order chi connectivity index (χ0) is 22.6. The lowest BCUT2D eigenvalue weighted by molar-refractivity contribution is -0.0110. The van der Waals surface area contributed by atoms with Crippen LogP contribution in [0.1, 0.15) is 57.3 Å². The van der Waals surface area contributed by atoms with Crippen molar-refractivity contribution in [2.75, 3.05) is 18.1 Å². The van der Waals surface area contributed by atoms with Gasteiger partial charge in [-0.3, -0.25) is 0 Å². The minimum atomic E-state index is -1.40. The maximum absolute atomic E-state index is 12.7. The maximum Gasteiger partial charge on any atom is 0.338 e. The average molecular weight is 485 g/mol. The molecule has 172 valence electrons. The number of nitrogens with zero attached hydrogens (tertiary/aromatic N) is 2. The highest BCUT2D eigenvalue weighted by Gasteiger charge is 2.35. The fourth-order valence-corrected chi connectivity index (χ4v) is 7.39. The van der Waals surface area contributed by atoms with Gasteiger partial charge < -0.3 is 13.8 Å². The van der Waals surface area contributed by atoms with E-state index in [0.29, 0.717) is 24.3 Å². The van der Waals surface area contributed by atoms with Crippen molar-refractivity contribution in [3.63, 3.8) is 0 Å². The second-order valence-electron chi connectivity index (χ2n) is 7.75. The summed E-state index contributed by atoms with van der Waals surface area (Å²) in [5.74, 6) is 1.41. The Balaban J connectivity index is 2.19. The number of nitriles is 1. The molecule has 1 aromatic rings. The molecule has 0 spiro atoms. The van der Waals surface area contributed by atoms with E-state index in [4.69, 9.17) is 19.0 Å². The van der Waals surface area contributed by atoms with Crippen LogP contribution >= 0.6 is 30.1 Å². The van der Waals surface area contributed by atoms with Crippen LogP contribution in [0.3, 0.4) is 0 Å². The van der Waals surface area contributed by atoms with Crippen LogP contribution in [-0.2, 0) is 13.8 Å². The number of rotatable bonds is 10. The molecule has 1 saturated heterocycles. The first-order chi connectivity index (χ1) is 14.9. The minimum Gasteiger partial charge on any atom is -0.456 e. The molecule has 0 aliphatic carbocycles. The summed E-state index contributed by atoms with van der Waals surface area (Å²) in [7, 11) is 2.18. The number of carbonyl (C=O) groups excluding carboxylic acids is 1. The number of esters is 1. The van der Waals surface area contributed by atoms with Gasteiger partial charge in [-0.15, -0.1) is 0 Å². The molecule has 0 N–H and O–H groups in total. The van der Waals surface area contributed by atoms with Crippen LogP contribution < -0.4 is 0 Å². The predicted octanol–water partition coefficient (Wildman–Crippen LogP) is 6.05. The summed E-state index contributed by atoms with van der Waals surface area (Å²) in [5, 5.41) is 8.93. The highest BCUT2D eigenvalue weighted by atomic mass is 33.1.